The van der Waals surface area contributed by atoms with Crippen LogP contribution in [0.1, 0.15) is 59.1 Å². The fourth-order valence-corrected chi connectivity index (χ4v) is 3.61. The summed E-state index contributed by atoms with van der Waals surface area (Å²) in [5.41, 5.74) is 1.38. The second-order valence-corrected chi connectivity index (χ2v) is 6.50. The molecule has 1 aliphatic rings. The van der Waals surface area contributed by atoms with Crippen LogP contribution in [0.3, 0.4) is 0 Å². The third-order valence-electron chi connectivity index (χ3n) is 3.57. The van der Waals surface area contributed by atoms with Crippen molar-refractivity contribution in [1.82, 2.24) is 5.32 Å². The maximum absolute atomic E-state index is 12.0. The average Bonchev–Trinajstić information content (AvgIpc) is 2.71. The molecule has 0 spiro atoms. The molecule has 1 amide bonds. The lowest BCUT2D eigenvalue weighted by molar-refractivity contribution is 0.0949. The first-order valence-electron chi connectivity index (χ1n) is 7.24. The van der Waals surface area contributed by atoms with Crippen molar-refractivity contribution in [2.75, 3.05) is 6.54 Å². The van der Waals surface area contributed by atoms with Crippen molar-refractivity contribution in [1.29, 1.82) is 0 Å². The summed E-state index contributed by atoms with van der Waals surface area (Å²) in [6, 6.07) is 2.07. The molecule has 0 saturated heterocycles. The van der Waals surface area contributed by atoms with Gasteiger partial charge in [-0.15, -0.1) is 11.3 Å². The van der Waals surface area contributed by atoms with Crippen LogP contribution in [-0.2, 0) is 12.8 Å². The molecule has 1 unspecified atom stereocenters. The highest BCUT2D eigenvalue weighted by molar-refractivity contribution is 7.14. The van der Waals surface area contributed by atoms with E-state index in [1.807, 2.05) is 0 Å². The third-order valence-corrected chi connectivity index (χ3v) is 4.80. The molecule has 0 aromatic carbocycles. The summed E-state index contributed by atoms with van der Waals surface area (Å²) in [7, 11) is 0. The molecular formula is C15H23NO2S. The van der Waals surface area contributed by atoms with Gasteiger partial charge in [0.15, 0.2) is 0 Å². The Balaban J connectivity index is 1.96. The zero-order valence-electron chi connectivity index (χ0n) is 11.6. The van der Waals surface area contributed by atoms with Crippen molar-refractivity contribution < 1.29 is 9.90 Å². The summed E-state index contributed by atoms with van der Waals surface area (Å²) in [5, 5.41) is 12.1. The molecule has 19 heavy (non-hydrogen) atoms. The summed E-state index contributed by atoms with van der Waals surface area (Å²) in [6.07, 6.45) is 7.61. The standard InChI is InChI=1S/C15H23NO2S/c1-11(17)8-9-16-15(18)14-10-12-6-4-2-3-5-7-13(12)19-14/h10-11,17H,2-9H2,1H3,(H,16,18). The quantitative estimate of drug-likeness (QED) is 0.891. The summed E-state index contributed by atoms with van der Waals surface area (Å²) in [5.74, 6) is 0.0115. The Kier molecular flexibility index (Phi) is 5.40. The minimum Gasteiger partial charge on any atom is -0.393 e. The number of aliphatic hydroxyl groups excluding tert-OH is 1. The third kappa shape index (κ3) is 4.32. The second-order valence-electron chi connectivity index (χ2n) is 5.37. The molecule has 1 atom stereocenters. The highest BCUT2D eigenvalue weighted by atomic mass is 32.1. The Bertz CT molecular complexity index is 400. The lowest BCUT2D eigenvalue weighted by Gasteiger charge is -2.07. The maximum Gasteiger partial charge on any atom is 0.261 e. The number of aryl methyl sites for hydroxylation is 2. The topological polar surface area (TPSA) is 49.3 Å². The van der Waals surface area contributed by atoms with E-state index in [1.165, 1.54) is 36.1 Å². The maximum atomic E-state index is 12.0. The normalized spacial score (nSPS) is 17.2. The van der Waals surface area contributed by atoms with E-state index in [1.54, 1.807) is 18.3 Å². The fourth-order valence-electron chi connectivity index (χ4n) is 2.44. The van der Waals surface area contributed by atoms with E-state index in [0.717, 1.165) is 17.7 Å². The Morgan fingerprint density at radius 2 is 2.11 bits per heavy atom. The Morgan fingerprint density at radius 1 is 1.37 bits per heavy atom. The van der Waals surface area contributed by atoms with Crippen LogP contribution in [0.2, 0.25) is 0 Å². The molecule has 0 bridgehead atoms. The summed E-state index contributed by atoms with van der Waals surface area (Å²) < 4.78 is 0. The minimum atomic E-state index is -0.358. The van der Waals surface area contributed by atoms with Crippen LogP contribution in [0.15, 0.2) is 6.07 Å². The average molecular weight is 281 g/mol. The van der Waals surface area contributed by atoms with Crippen LogP contribution < -0.4 is 5.32 Å². The SMILES string of the molecule is CC(O)CCNC(=O)c1cc2c(s1)CCCCCC2. The largest absolute Gasteiger partial charge is 0.393 e. The number of carbonyl (C=O) groups is 1. The van der Waals surface area contributed by atoms with Gasteiger partial charge in [0.1, 0.15) is 0 Å². The number of hydrogen-bond acceptors (Lipinski definition) is 3. The van der Waals surface area contributed by atoms with Crippen molar-refractivity contribution >= 4 is 17.2 Å². The smallest absolute Gasteiger partial charge is 0.261 e. The van der Waals surface area contributed by atoms with Gasteiger partial charge in [0.25, 0.3) is 5.91 Å². The molecule has 1 aromatic rings. The molecule has 3 nitrogen and oxygen atoms in total. The van der Waals surface area contributed by atoms with Gasteiger partial charge in [-0.1, -0.05) is 12.8 Å². The van der Waals surface area contributed by atoms with Crippen LogP contribution in [0.5, 0.6) is 0 Å². The molecule has 1 heterocycles. The predicted octanol–water partition coefficient (Wildman–Crippen LogP) is 2.91. The van der Waals surface area contributed by atoms with Gasteiger partial charge in [0, 0.05) is 11.4 Å². The molecule has 106 valence electrons. The molecule has 2 rings (SSSR count). The Labute approximate surface area is 119 Å². The van der Waals surface area contributed by atoms with Gasteiger partial charge in [0.05, 0.1) is 11.0 Å². The fraction of sp³-hybridized carbons (Fsp3) is 0.667. The number of nitrogens with one attached hydrogen (secondary N) is 1. The van der Waals surface area contributed by atoms with Crippen molar-refractivity contribution in [2.45, 2.75) is 58.0 Å². The van der Waals surface area contributed by atoms with E-state index in [4.69, 9.17) is 0 Å². The van der Waals surface area contributed by atoms with Crippen LogP contribution in [0.25, 0.3) is 0 Å². The minimum absolute atomic E-state index is 0.0115. The van der Waals surface area contributed by atoms with Gasteiger partial charge in [0.2, 0.25) is 0 Å². The zero-order valence-corrected chi connectivity index (χ0v) is 12.4. The summed E-state index contributed by atoms with van der Waals surface area (Å²) >= 11 is 1.65. The molecule has 0 aliphatic heterocycles. The van der Waals surface area contributed by atoms with Crippen LogP contribution in [0, 0.1) is 0 Å². The molecule has 2 N–H and O–H groups in total. The molecule has 4 heteroatoms. The van der Waals surface area contributed by atoms with Crippen LogP contribution >= 0.6 is 11.3 Å². The first kappa shape index (κ1) is 14.5. The number of rotatable bonds is 4. The van der Waals surface area contributed by atoms with E-state index in [9.17, 15) is 9.90 Å². The molecule has 1 aromatic heterocycles. The summed E-state index contributed by atoms with van der Waals surface area (Å²) in [4.78, 5) is 14.3. The number of aliphatic hydroxyl groups is 1. The van der Waals surface area contributed by atoms with Gasteiger partial charge < -0.3 is 10.4 Å². The van der Waals surface area contributed by atoms with Gasteiger partial charge in [-0.3, -0.25) is 4.79 Å². The zero-order chi connectivity index (χ0) is 13.7. The van der Waals surface area contributed by atoms with Gasteiger partial charge in [-0.05, 0) is 50.7 Å². The monoisotopic (exact) mass is 281 g/mol. The molecule has 1 aliphatic carbocycles. The lowest BCUT2D eigenvalue weighted by atomic mass is 10.00. The van der Waals surface area contributed by atoms with E-state index in [-0.39, 0.29) is 12.0 Å². The summed E-state index contributed by atoms with van der Waals surface area (Å²) in [6.45, 7) is 2.28. The number of fused-ring (bicyclic) bond motifs is 1. The van der Waals surface area contributed by atoms with Crippen molar-refractivity contribution in [3.05, 3.63) is 21.4 Å². The highest BCUT2D eigenvalue weighted by Crippen LogP contribution is 2.28. The molecule has 0 radical (unpaired) electrons. The first-order chi connectivity index (χ1) is 9.16. The van der Waals surface area contributed by atoms with Gasteiger partial charge in [-0.25, -0.2) is 0 Å². The van der Waals surface area contributed by atoms with E-state index in [2.05, 4.69) is 11.4 Å². The van der Waals surface area contributed by atoms with Crippen molar-refractivity contribution in [2.24, 2.45) is 0 Å². The van der Waals surface area contributed by atoms with E-state index in [0.29, 0.717) is 13.0 Å². The molecular weight excluding hydrogens is 258 g/mol. The van der Waals surface area contributed by atoms with E-state index < -0.39 is 0 Å². The van der Waals surface area contributed by atoms with Crippen LogP contribution in [0.4, 0.5) is 0 Å². The van der Waals surface area contributed by atoms with Crippen molar-refractivity contribution in [3.8, 4) is 0 Å². The Morgan fingerprint density at radius 3 is 2.84 bits per heavy atom. The number of hydrogen-bond donors (Lipinski definition) is 2. The first-order valence-corrected chi connectivity index (χ1v) is 8.06. The number of carbonyl (C=O) groups excluding carboxylic acids is 1. The Hall–Kier alpha value is -0.870. The molecule has 0 saturated carbocycles. The van der Waals surface area contributed by atoms with Crippen LogP contribution in [-0.4, -0.2) is 23.7 Å². The number of amides is 1. The number of thiophene rings is 1. The van der Waals surface area contributed by atoms with Gasteiger partial charge in [-0.2, -0.15) is 0 Å². The van der Waals surface area contributed by atoms with Crippen molar-refractivity contribution in [3.63, 3.8) is 0 Å². The molecule has 0 fully saturated rings. The second kappa shape index (κ2) is 7.06. The van der Waals surface area contributed by atoms with Gasteiger partial charge >= 0.3 is 0 Å². The lowest BCUT2D eigenvalue weighted by Crippen LogP contribution is -2.25. The highest BCUT2D eigenvalue weighted by Gasteiger charge is 2.15. The van der Waals surface area contributed by atoms with E-state index >= 15 is 0 Å². The predicted molar refractivity (Wildman–Crippen MR) is 78.8 cm³/mol.